The van der Waals surface area contributed by atoms with Gasteiger partial charge in [0.2, 0.25) is 0 Å². The van der Waals surface area contributed by atoms with Gasteiger partial charge in [-0.25, -0.2) is 0 Å². The van der Waals surface area contributed by atoms with Crippen LogP contribution in [0, 0.1) is 0 Å². The summed E-state index contributed by atoms with van der Waals surface area (Å²) in [6.45, 7) is 2.27. The minimum Gasteiger partial charge on any atom is -0.0845 e. The van der Waals surface area contributed by atoms with E-state index in [-0.39, 0.29) is 0 Å². The predicted octanol–water partition coefficient (Wildman–Crippen LogP) is 5.01. The van der Waals surface area contributed by atoms with Crippen molar-refractivity contribution in [1.82, 2.24) is 0 Å². The fraction of sp³-hybridized carbons (Fsp3) is 0.714. The number of allylic oxidation sites excluding steroid dienone is 4. The first-order chi connectivity index (χ1) is 6.93. The Kier molecular flexibility index (Phi) is 6.47. The third-order valence-corrected chi connectivity index (χ3v) is 2.94. The van der Waals surface area contributed by atoms with Gasteiger partial charge in [0.05, 0.1) is 0 Å². The van der Waals surface area contributed by atoms with Gasteiger partial charge in [0.15, 0.2) is 0 Å². The Labute approximate surface area is 89.1 Å². The SMILES string of the molecule is CCCC/C1=C/C=C\CCCCCC1. The minimum absolute atomic E-state index is 1.28. The summed E-state index contributed by atoms with van der Waals surface area (Å²) < 4.78 is 0. The molecule has 1 aliphatic rings. The van der Waals surface area contributed by atoms with Gasteiger partial charge in [-0.15, -0.1) is 0 Å². The smallest absolute Gasteiger partial charge is 0.0317 e. The van der Waals surface area contributed by atoms with Crippen LogP contribution >= 0.6 is 0 Å². The molecule has 0 N–H and O–H groups in total. The van der Waals surface area contributed by atoms with E-state index in [9.17, 15) is 0 Å². The van der Waals surface area contributed by atoms with E-state index in [1.807, 2.05) is 0 Å². The molecule has 0 aromatic carbocycles. The van der Waals surface area contributed by atoms with Crippen LogP contribution in [0.3, 0.4) is 0 Å². The van der Waals surface area contributed by atoms with Crippen molar-refractivity contribution in [2.24, 2.45) is 0 Å². The van der Waals surface area contributed by atoms with Crippen molar-refractivity contribution in [3.8, 4) is 0 Å². The summed E-state index contributed by atoms with van der Waals surface area (Å²) in [5.41, 5.74) is 1.67. The lowest BCUT2D eigenvalue weighted by Crippen LogP contribution is -1.87. The van der Waals surface area contributed by atoms with Gasteiger partial charge >= 0.3 is 0 Å². The Morgan fingerprint density at radius 1 is 1.14 bits per heavy atom. The normalized spacial score (nSPS) is 25.1. The van der Waals surface area contributed by atoms with Crippen molar-refractivity contribution >= 4 is 0 Å². The molecule has 0 atom stereocenters. The second-order valence-corrected chi connectivity index (χ2v) is 4.31. The number of hydrogen-bond acceptors (Lipinski definition) is 0. The lowest BCUT2D eigenvalue weighted by Gasteiger charge is -2.07. The van der Waals surface area contributed by atoms with E-state index in [1.165, 1.54) is 57.8 Å². The maximum Gasteiger partial charge on any atom is -0.0317 e. The second kappa shape index (κ2) is 7.84. The maximum atomic E-state index is 2.36. The van der Waals surface area contributed by atoms with Crippen molar-refractivity contribution in [1.29, 1.82) is 0 Å². The molecule has 0 heteroatoms. The summed E-state index contributed by atoms with van der Waals surface area (Å²) >= 11 is 0. The fourth-order valence-electron chi connectivity index (χ4n) is 1.96. The molecule has 0 unspecified atom stereocenters. The highest BCUT2D eigenvalue weighted by atomic mass is 14.0. The van der Waals surface area contributed by atoms with Gasteiger partial charge in [0.25, 0.3) is 0 Å². The quantitative estimate of drug-likeness (QED) is 0.589. The lowest BCUT2D eigenvalue weighted by atomic mass is 9.99. The number of hydrogen-bond donors (Lipinski definition) is 0. The van der Waals surface area contributed by atoms with E-state index in [0.717, 1.165) is 0 Å². The highest BCUT2D eigenvalue weighted by Gasteiger charge is 1.98. The summed E-state index contributed by atoms with van der Waals surface area (Å²) in [6.07, 6.45) is 19.2. The van der Waals surface area contributed by atoms with Gasteiger partial charge in [-0.2, -0.15) is 0 Å². The van der Waals surface area contributed by atoms with Crippen molar-refractivity contribution in [2.75, 3.05) is 0 Å². The molecule has 0 amide bonds. The van der Waals surface area contributed by atoms with E-state index in [4.69, 9.17) is 0 Å². The van der Waals surface area contributed by atoms with Crippen LogP contribution in [0.4, 0.5) is 0 Å². The zero-order valence-electron chi connectivity index (χ0n) is 9.60. The molecular weight excluding hydrogens is 168 g/mol. The first-order valence-electron chi connectivity index (χ1n) is 6.28. The first-order valence-corrected chi connectivity index (χ1v) is 6.28. The highest BCUT2D eigenvalue weighted by Crippen LogP contribution is 2.18. The molecule has 80 valence electrons. The molecule has 0 spiro atoms. The predicted molar refractivity (Wildman–Crippen MR) is 64.5 cm³/mol. The van der Waals surface area contributed by atoms with Gasteiger partial charge in [-0.1, -0.05) is 50.0 Å². The molecule has 1 aliphatic carbocycles. The molecule has 0 radical (unpaired) electrons. The van der Waals surface area contributed by atoms with Crippen LogP contribution < -0.4 is 0 Å². The Bertz CT molecular complexity index is 186. The number of unbranched alkanes of at least 4 members (excludes halogenated alkanes) is 1. The van der Waals surface area contributed by atoms with E-state index >= 15 is 0 Å². The summed E-state index contributed by atoms with van der Waals surface area (Å²) in [6, 6.07) is 0. The highest BCUT2D eigenvalue weighted by molar-refractivity contribution is 5.12. The van der Waals surface area contributed by atoms with Gasteiger partial charge in [0, 0.05) is 0 Å². The van der Waals surface area contributed by atoms with Crippen LogP contribution in [-0.2, 0) is 0 Å². The Morgan fingerprint density at radius 3 is 2.86 bits per heavy atom. The summed E-state index contributed by atoms with van der Waals surface area (Å²) in [5, 5.41) is 0. The van der Waals surface area contributed by atoms with Gasteiger partial charge in [-0.05, 0) is 38.5 Å². The summed E-state index contributed by atoms with van der Waals surface area (Å²) in [5.74, 6) is 0. The van der Waals surface area contributed by atoms with Gasteiger partial charge in [-0.3, -0.25) is 0 Å². The van der Waals surface area contributed by atoms with Crippen LogP contribution in [0.15, 0.2) is 23.8 Å². The van der Waals surface area contributed by atoms with Crippen LogP contribution in [0.2, 0.25) is 0 Å². The zero-order valence-corrected chi connectivity index (χ0v) is 9.60. The second-order valence-electron chi connectivity index (χ2n) is 4.31. The molecule has 0 saturated carbocycles. The molecule has 1 rings (SSSR count). The van der Waals surface area contributed by atoms with Gasteiger partial charge < -0.3 is 0 Å². The molecule has 0 heterocycles. The van der Waals surface area contributed by atoms with Crippen molar-refractivity contribution < 1.29 is 0 Å². The molecule has 0 saturated heterocycles. The molecule has 0 aromatic heterocycles. The third kappa shape index (κ3) is 5.26. The third-order valence-electron chi connectivity index (χ3n) is 2.94. The Hall–Kier alpha value is -0.520. The fourth-order valence-corrected chi connectivity index (χ4v) is 1.96. The van der Waals surface area contributed by atoms with Crippen LogP contribution in [-0.4, -0.2) is 0 Å². The maximum absolute atomic E-state index is 2.36. The minimum atomic E-state index is 1.28. The molecule has 0 bridgehead atoms. The summed E-state index contributed by atoms with van der Waals surface area (Å²) in [7, 11) is 0. The molecule has 0 aliphatic heterocycles. The zero-order chi connectivity index (χ0) is 10.1. The average molecular weight is 192 g/mol. The van der Waals surface area contributed by atoms with E-state index in [1.54, 1.807) is 5.57 Å². The molecule has 0 nitrogen and oxygen atoms in total. The molecule has 0 aromatic rings. The van der Waals surface area contributed by atoms with Crippen molar-refractivity contribution in [2.45, 2.75) is 64.7 Å². The average Bonchev–Trinajstić information content (AvgIpc) is 2.23. The molecule has 14 heavy (non-hydrogen) atoms. The summed E-state index contributed by atoms with van der Waals surface area (Å²) in [4.78, 5) is 0. The van der Waals surface area contributed by atoms with Crippen LogP contribution in [0.25, 0.3) is 0 Å². The van der Waals surface area contributed by atoms with Crippen LogP contribution in [0.1, 0.15) is 64.7 Å². The molecule has 0 fully saturated rings. The topological polar surface area (TPSA) is 0 Å². The van der Waals surface area contributed by atoms with E-state index in [2.05, 4.69) is 25.2 Å². The lowest BCUT2D eigenvalue weighted by molar-refractivity contribution is 0.628. The van der Waals surface area contributed by atoms with E-state index in [0.29, 0.717) is 0 Å². The van der Waals surface area contributed by atoms with Crippen molar-refractivity contribution in [3.05, 3.63) is 23.8 Å². The monoisotopic (exact) mass is 192 g/mol. The Morgan fingerprint density at radius 2 is 2.00 bits per heavy atom. The Balaban J connectivity index is 2.40. The van der Waals surface area contributed by atoms with E-state index < -0.39 is 0 Å². The standard InChI is InChI=1S/C14H24/c1-2-3-11-14-12-9-7-5-4-6-8-10-13-14/h7,9,12H,2-6,8,10-11,13H2,1H3/b9-7-,14-12-. The number of rotatable bonds is 3. The molecular formula is C14H24. The largest absolute Gasteiger partial charge is 0.0845 e. The van der Waals surface area contributed by atoms with Crippen molar-refractivity contribution in [3.63, 3.8) is 0 Å². The van der Waals surface area contributed by atoms with Crippen LogP contribution in [0.5, 0.6) is 0 Å². The first kappa shape index (κ1) is 11.6. The van der Waals surface area contributed by atoms with Gasteiger partial charge in [0.1, 0.15) is 0 Å².